The van der Waals surface area contributed by atoms with Crippen molar-refractivity contribution in [2.75, 3.05) is 6.54 Å². The van der Waals surface area contributed by atoms with Crippen LogP contribution in [0.2, 0.25) is 0 Å². The van der Waals surface area contributed by atoms with Gasteiger partial charge >= 0.3 is 5.97 Å². The molecule has 2 aliphatic rings. The molecule has 0 spiro atoms. The maximum atomic E-state index is 11.6. The molecular formula is C11H16N2O4. The lowest BCUT2D eigenvalue weighted by Crippen LogP contribution is -2.55. The molecule has 0 aromatic heterocycles. The van der Waals surface area contributed by atoms with E-state index < -0.39 is 18.1 Å². The summed E-state index contributed by atoms with van der Waals surface area (Å²) in [7, 11) is 0. The number of amides is 2. The molecule has 2 heterocycles. The van der Waals surface area contributed by atoms with Crippen molar-refractivity contribution in [2.45, 2.75) is 38.3 Å². The number of carbonyl (C=O) groups excluding carboxylic acids is 2. The highest BCUT2D eigenvalue weighted by atomic mass is 16.4. The lowest BCUT2D eigenvalue weighted by Gasteiger charge is -2.39. The van der Waals surface area contributed by atoms with Gasteiger partial charge in [0.1, 0.15) is 6.04 Å². The van der Waals surface area contributed by atoms with Crippen molar-refractivity contribution in [1.29, 1.82) is 0 Å². The number of carboxylic acid groups (broad SMARTS) is 1. The molecule has 0 aromatic carbocycles. The minimum atomic E-state index is -0.913. The van der Waals surface area contributed by atoms with Gasteiger partial charge in [-0.1, -0.05) is 6.92 Å². The second-order valence-electron chi connectivity index (χ2n) is 4.77. The summed E-state index contributed by atoms with van der Waals surface area (Å²) < 4.78 is 0. The van der Waals surface area contributed by atoms with E-state index in [0.717, 1.165) is 12.8 Å². The summed E-state index contributed by atoms with van der Waals surface area (Å²) in [5, 5.41) is 11.5. The number of carbonyl (C=O) groups is 3. The maximum Gasteiger partial charge on any atom is 0.321 e. The molecule has 2 N–H and O–H groups in total. The zero-order valence-electron chi connectivity index (χ0n) is 9.68. The van der Waals surface area contributed by atoms with E-state index in [2.05, 4.69) is 5.32 Å². The highest BCUT2D eigenvalue weighted by Gasteiger charge is 2.44. The first-order valence-corrected chi connectivity index (χ1v) is 5.83. The second-order valence-corrected chi connectivity index (χ2v) is 4.77. The molecule has 2 fully saturated rings. The number of imide groups is 1. The number of hydrogen-bond donors (Lipinski definition) is 2. The van der Waals surface area contributed by atoms with Crippen LogP contribution in [0.25, 0.3) is 0 Å². The Kier molecular flexibility index (Phi) is 3.15. The minimum absolute atomic E-state index is 0.00440. The lowest BCUT2D eigenvalue weighted by molar-refractivity contribution is -0.149. The molecule has 0 aliphatic carbocycles. The van der Waals surface area contributed by atoms with Crippen molar-refractivity contribution in [1.82, 2.24) is 10.2 Å². The molecule has 2 amide bonds. The van der Waals surface area contributed by atoms with Gasteiger partial charge in [-0.15, -0.1) is 0 Å². The van der Waals surface area contributed by atoms with Crippen molar-refractivity contribution in [3.63, 3.8) is 0 Å². The highest BCUT2D eigenvalue weighted by Crippen LogP contribution is 2.27. The summed E-state index contributed by atoms with van der Waals surface area (Å²) in [5.41, 5.74) is 0. The quantitative estimate of drug-likeness (QED) is 0.640. The molecule has 2 aliphatic heterocycles. The molecule has 2 saturated heterocycles. The van der Waals surface area contributed by atoms with E-state index >= 15 is 0 Å². The molecule has 3 atom stereocenters. The normalized spacial score (nSPS) is 34.8. The van der Waals surface area contributed by atoms with Crippen molar-refractivity contribution < 1.29 is 19.5 Å². The van der Waals surface area contributed by atoms with Crippen LogP contribution in [0.5, 0.6) is 0 Å². The Morgan fingerprint density at radius 2 is 2.18 bits per heavy atom. The fourth-order valence-electron chi connectivity index (χ4n) is 2.76. The van der Waals surface area contributed by atoms with Gasteiger partial charge < -0.3 is 5.11 Å². The number of carboxylic acids is 1. The Bertz CT molecular complexity index is 368. The van der Waals surface area contributed by atoms with E-state index in [1.165, 1.54) is 0 Å². The van der Waals surface area contributed by atoms with E-state index in [1.54, 1.807) is 4.90 Å². The van der Waals surface area contributed by atoms with Gasteiger partial charge in [-0.2, -0.15) is 0 Å². The van der Waals surface area contributed by atoms with E-state index in [0.29, 0.717) is 6.54 Å². The molecular weight excluding hydrogens is 224 g/mol. The molecule has 3 unspecified atom stereocenters. The zero-order chi connectivity index (χ0) is 12.6. The first kappa shape index (κ1) is 12.0. The fraction of sp³-hybridized carbons (Fsp3) is 0.727. The van der Waals surface area contributed by atoms with Crippen LogP contribution < -0.4 is 5.32 Å². The molecule has 94 valence electrons. The van der Waals surface area contributed by atoms with Gasteiger partial charge in [0.15, 0.2) is 0 Å². The third-order valence-corrected chi connectivity index (χ3v) is 3.57. The summed E-state index contributed by atoms with van der Waals surface area (Å²) in [6.45, 7) is 2.44. The van der Waals surface area contributed by atoms with Crippen LogP contribution in [-0.2, 0) is 14.4 Å². The Morgan fingerprint density at radius 3 is 2.71 bits per heavy atom. The highest BCUT2D eigenvalue weighted by molar-refractivity contribution is 6.05. The molecule has 0 bridgehead atoms. The molecule has 2 rings (SSSR count). The first-order valence-electron chi connectivity index (χ1n) is 5.83. The van der Waals surface area contributed by atoms with Gasteiger partial charge in [0.05, 0.1) is 12.5 Å². The number of rotatable bonds is 2. The van der Waals surface area contributed by atoms with E-state index in [1.807, 2.05) is 6.92 Å². The topological polar surface area (TPSA) is 86.7 Å². The van der Waals surface area contributed by atoms with E-state index in [4.69, 9.17) is 0 Å². The Labute approximate surface area is 99.0 Å². The smallest absolute Gasteiger partial charge is 0.321 e. The van der Waals surface area contributed by atoms with Gasteiger partial charge in [0, 0.05) is 0 Å². The molecule has 6 nitrogen and oxygen atoms in total. The van der Waals surface area contributed by atoms with Crippen molar-refractivity contribution in [3.05, 3.63) is 0 Å². The predicted molar refractivity (Wildman–Crippen MR) is 58.1 cm³/mol. The molecule has 6 heteroatoms. The summed E-state index contributed by atoms with van der Waals surface area (Å²) in [6, 6.07) is -1.27. The number of likely N-dealkylation sites (tertiary alicyclic amines) is 1. The summed E-state index contributed by atoms with van der Waals surface area (Å²) >= 11 is 0. The first-order chi connectivity index (χ1) is 8.00. The van der Waals surface area contributed by atoms with Gasteiger partial charge in [0.2, 0.25) is 11.8 Å². The van der Waals surface area contributed by atoms with Gasteiger partial charge in [-0.25, -0.2) is 0 Å². The van der Waals surface area contributed by atoms with Gasteiger partial charge in [-0.05, 0) is 25.3 Å². The second kappa shape index (κ2) is 4.44. The Morgan fingerprint density at radius 1 is 1.47 bits per heavy atom. The summed E-state index contributed by atoms with van der Waals surface area (Å²) in [4.78, 5) is 35.7. The average molecular weight is 240 g/mol. The van der Waals surface area contributed by atoms with Gasteiger partial charge in [0.25, 0.3) is 0 Å². The summed E-state index contributed by atoms with van der Waals surface area (Å²) in [5.74, 6) is -1.59. The maximum absolute atomic E-state index is 11.6. The monoisotopic (exact) mass is 240 g/mol. The van der Waals surface area contributed by atoms with Crippen LogP contribution in [0.3, 0.4) is 0 Å². The third kappa shape index (κ3) is 2.17. The van der Waals surface area contributed by atoms with Crippen LogP contribution >= 0.6 is 0 Å². The zero-order valence-corrected chi connectivity index (χ0v) is 9.68. The third-order valence-electron chi connectivity index (χ3n) is 3.57. The van der Waals surface area contributed by atoms with Crippen molar-refractivity contribution in [2.24, 2.45) is 5.92 Å². The van der Waals surface area contributed by atoms with Crippen LogP contribution in [0.1, 0.15) is 26.2 Å². The number of nitrogens with one attached hydrogen (secondary N) is 1. The predicted octanol–water partition coefficient (Wildman–Crippen LogP) is -0.413. The Balaban J connectivity index is 2.20. The van der Waals surface area contributed by atoms with Crippen LogP contribution in [0.15, 0.2) is 0 Å². The number of hydrogen-bond acceptors (Lipinski definition) is 4. The number of nitrogens with zero attached hydrogens (tertiary/aromatic N) is 1. The number of aliphatic carboxylic acids is 1. The molecule has 0 aromatic rings. The SMILES string of the molecule is CC1CCCN(C2CC(=O)NC2=O)C1C(=O)O. The van der Waals surface area contributed by atoms with E-state index in [-0.39, 0.29) is 24.2 Å². The fourth-order valence-corrected chi connectivity index (χ4v) is 2.76. The standard InChI is InChI=1S/C11H16N2O4/c1-6-3-2-4-13(9(6)11(16)17)7-5-8(14)12-10(7)15/h6-7,9H,2-5H2,1H3,(H,16,17)(H,12,14,15). The Hall–Kier alpha value is -1.43. The molecule has 0 saturated carbocycles. The largest absolute Gasteiger partial charge is 0.480 e. The lowest BCUT2D eigenvalue weighted by atomic mass is 9.89. The summed E-state index contributed by atoms with van der Waals surface area (Å²) in [6.07, 6.45) is 1.79. The minimum Gasteiger partial charge on any atom is -0.480 e. The van der Waals surface area contributed by atoms with Crippen molar-refractivity contribution in [3.8, 4) is 0 Å². The average Bonchev–Trinajstić information content (AvgIpc) is 2.56. The van der Waals surface area contributed by atoms with E-state index in [9.17, 15) is 19.5 Å². The number of piperidine rings is 1. The van der Waals surface area contributed by atoms with Crippen LogP contribution in [-0.4, -0.2) is 46.4 Å². The van der Waals surface area contributed by atoms with Gasteiger partial charge in [-0.3, -0.25) is 24.6 Å². The molecule has 17 heavy (non-hydrogen) atoms. The van der Waals surface area contributed by atoms with Crippen LogP contribution in [0.4, 0.5) is 0 Å². The molecule has 0 radical (unpaired) electrons. The van der Waals surface area contributed by atoms with Crippen molar-refractivity contribution >= 4 is 17.8 Å². The van der Waals surface area contributed by atoms with Crippen LogP contribution in [0, 0.1) is 5.92 Å².